The number of rotatable bonds is 5. The molecule has 1 amide bonds. The number of sulfone groups is 1. The largest absolute Gasteiger partial charge is 0.371 e. The number of aromatic nitrogens is 1. The first-order chi connectivity index (χ1) is 15.3. The summed E-state index contributed by atoms with van der Waals surface area (Å²) in [4.78, 5) is 27.8. The summed E-state index contributed by atoms with van der Waals surface area (Å²) < 4.78 is 25.5. The van der Waals surface area contributed by atoms with E-state index in [0.717, 1.165) is 42.5 Å². The van der Waals surface area contributed by atoms with Gasteiger partial charge < -0.3 is 14.8 Å². The van der Waals surface area contributed by atoms with E-state index in [1.807, 2.05) is 36.4 Å². The van der Waals surface area contributed by atoms with Crippen LogP contribution in [0.3, 0.4) is 0 Å². The Balaban J connectivity index is 1.43. The van der Waals surface area contributed by atoms with Crippen LogP contribution >= 0.6 is 0 Å². The first-order valence-electron chi connectivity index (χ1n) is 10.8. The van der Waals surface area contributed by atoms with E-state index in [4.69, 9.17) is 0 Å². The monoisotopic (exact) mass is 453 g/mol. The van der Waals surface area contributed by atoms with Crippen molar-refractivity contribution in [3.8, 4) is 0 Å². The lowest BCUT2D eigenvalue weighted by Gasteiger charge is -2.34. The fraction of sp³-hybridized carbons (Fsp3) is 0.333. The Bertz CT molecular complexity index is 1310. The number of hydrogen-bond donors (Lipinski definition) is 1. The summed E-state index contributed by atoms with van der Waals surface area (Å²) in [6, 6.07) is 15.8. The van der Waals surface area contributed by atoms with E-state index < -0.39 is 9.84 Å². The lowest BCUT2D eigenvalue weighted by molar-refractivity contribution is 0.0932. The number of amides is 1. The summed E-state index contributed by atoms with van der Waals surface area (Å²) in [6.07, 6.45) is 1.53. The number of hydrogen-bond acceptors (Lipinski definition) is 5. The van der Waals surface area contributed by atoms with Crippen LogP contribution in [0.4, 0.5) is 5.69 Å². The molecule has 1 saturated heterocycles. The second kappa shape index (κ2) is 8.78. The van der Waals surface area contributed by atoms with Crippen LogP contribution in [0.5, 0.6) is 0 Å². The van der Waals surface area contributed by atoms with Crippen molar-refractivity contribution in [1.29, 1.82) is 0 Å². The van der Waals surface area contributed by atoms with Crippen LogP contribution in [0, 0.1) is 0 Å². The number of piperidine rings is 1. The summed E-state index contributed by atoms with van der Waals surface area (Å²) in [6.45, 7) is 3.14. The Morgan fingerprint density at radius 1 is 1.06 bits per heavy atom. The smallest absolute Gasteiger partial charge is 0.252 e. The van der Waals surface area contributed by atoms with E-state index in [1.54, 1.807) is 30.7 Å². The Labute approximate surface area is 187 Å². The molecule has 0 unspecified atom stereocenters. The van der Waals surface area contributed by atoms with E-state index in [1.165, 1.54) is 6.07 Å². The lowest BCUT2D eigenvalue weighted by atomic mass is 10.0. The van der Waals surface area contributed by atoms with Gasteiger partial charge in [0.25, 0.3) is 11.5 Å². The highest BCUT2D eigenvalue weighted by molar-refractivity contribution is 7.91. The molecule has 0 atom stereocenters. The first-order valence-corrected chi connectivity index (χ1v) is 12.4. The van der Waals surface area contributed by atoms with Gasteiger partial charge in [-0.2, -0.15) is 0 Å². The van der Waals surface area contributed by atoms with Gasteiger partial charge >= 0.3 is 0 Å². The van der Waals surface area contributed by atoms with Gasteiger partial charge in [0.05, 0.1) is 21.7 Å². The number of para-hydroxylation sites is 1. The molecular weight excluding hydrogens is 426 g/mol. The number of fused-ring (bicyclic) bond motifs is 1. The van der Waals surface area contributed by atoms with Crippen LogP contribution in [-0.2, 0) is 16.9 Å². The van der Waals surface area contributed by atoms with Crippen molar-refractivity contribution in [3.05, 3.63) is 70.5 Å². The molecule has 1 aliphatic rings. The van der Waals surface area contributed by atoms with Crippen molar-refractivity contribution >= 4 is 32.3 Å². The zero-order valence-corrected chi connectivity index (χ0v) is 19.1. The molecule has 0 radical (unpaired) electrons. The number of benzene rings is 2. The molecule has 1 aromatic heterocycles. The molecule has 3 aromatic rings. The number of carbonyl (C=O) groups excluding carboxylic acids is 1. The van der Waals surface area contributed by atoms with Gasteiger partial charge in [-0.25, -0.2) is 8.42 Å². The predicted octanol–water partition coefficient (Wildman–Crippen LogP) is 2.73. The summed E-state index contributed by atoms with van der Waals surface area (Å²) in [5, 5.41) is 3.85. The standard InChI is InChI=1S/C24H27N3O4S/c1-3-32(30,31)19-10-8-18(9-11-19)27-14-12-17(13-15-27)25-24(29)21-16-23(28)26(2)22-7-5-4-6-20(21)22/h4-11,16-17H,3,12-15H2,1-2H3,(H,25,29). The van der Waals surface area contributed by atoms with Crippen LogP contribution in [-0.4, -0.2) is 43.8 Å². The molecule has 2 heterocycles. The van der Waals surface area contributed by atoms with E-state index in [-0.39, 0.29) is 23.3 Å². The van der Waals surface area contributed by atoms with Crippen molar-refractivity contribution in [2.75, 3.05) is 23.7 Å². The second-order valence-corrected chi connectivity index (χ2v) is 10.4. The molecule has 168 valence electrons. The van der Waals surface area contributed by atoms with E-state index in [9.17, 15) is 18.0 Å². The average Bonchev–Trinajstić information content (AvgIpc) is 2.82. The zero-order chi connectivity index (χ0) is 22.9. The summed E-state index contributed by atoms with van der Waals surface area (Å²) >= 11 is 0. The van der Waals surface area contributed by atoms with Gasteiger partial charge in [0.1, 0.15) is 0 Å². The summed E-state index contributed by atoms with van der Waals surface area (Å²) in [7, 11) is -1.50. The van der Waals surface area contributed by atoms with Crippen molar-refractivity contribution in [2.24, 2.45) is 7.05 Å². The fourth-order valence-electron chi connectivity index (χ4n) is 4.17. The Kier molecular flexibility index (Phi) is 6.06. The number of nitrogens with zero attached hydrogens (tertiary/aromatic N) is 2. The fourth-order valence-corrected chi connectivity index (χ4v) is 5.06. The molecule has 1 aliphatic heterocycles. The normalized spacial score (nSPS) is 15.1. The highest BCUT2D eigenvalue weighted by atomic mass is 32.2. The maximum Gasteiger partial charge on any atom is 0.252 e. The van der Waals surface area contributed by atoms with Crippen molar-refractivity contribution in [3.63, 3.8) is 0 Å². The number of carbonyl (C=O) groups is 1. The van der Waals surface area contributed by atoms with Gasteiger partial charge in [-0.05, 0) is 43.2 Å². The number of aryl methyl sites for hydroxylation is 1. The number of nitrogens with one attached hydrogen (secondary N) is 1. The molecule has 0 bridgehead atoms. The molecule has 2 aromatic carbocycles. The maximum absolute atomic E-state index is 13.0. The minimum absolute atomic E-state index is 0.0151. The van der Waals surface area contributed by atoms with Crippen LogP contribution in [0.1, 0.15) is 30.1 Å². The molecule has 1 fully saturated rings. The van der Waals surface area contributed by atoms with Crippen molar-refractivity contribution in [2.45, 2.75) is 30.7 Å². The Morgan fingerprint density at radius 2 is 1.72 bits per heavy atom. The predicted molar refractivity (Wildman–Crippen MR) is 126 cm³/mol. The second-order valence-electron chi connectivity index (χ2n) is 8.10. The van der Waals surface area contributed by atoms with Gasteiger partial charge in [-0.3, -0.25) is 9.59 Å². The van der Waals surface area contributed by atoms with Crippen LogP contribution < -0.4 is 15.8 Å². The molecule has 0 saturated carbocycles. The summed E-state index contributed by atoms with van der Waals surface area (Å²) in [5.74, 6) is -0.147. The van der Waals surface area contributed by atoms with E-state index in [2.05, 4.69) is 10.2 Å². The molecule has 1 N–H and O–H groups in total. The molecule has 0 spiro atoms. The highest BCUT2D eigenvalue weighted by Crippen LogP contribution is 2.23. The van der Waals surface area contributed by atoms with Crippen LogP contribution in [0.25, 0.3) is 10.9 Å². The van der Waals surface area contributed by atoms with Crippen LogP contribution in [0.2, 0.25) is 0 Å². The average molecular weight is 454 g/mol. The lowest BCUT2D eigenvalue weighted by Crippen LogP contribution is -2.45. The third-order valence-electron chi connectivity index (χ3n) is 6.17. The number of anilines is 1. The maximum atomic E-state index is 13.0. The molecule has 7 nitrogen and oxygen atoms in total. The molecule has 0 aliphatic carbocycles. The third-order valence-corrected chi connectivity index (χ3v) is 7.92. The van der Waals surface area contributed by atoms with Gasteiger partial charge in [-0.1, -0.05) is 25.1 Å². The minimum Gasteiger partial charge on any atom is -0.371 e. The van der Waals surface area contributed by atoms with Gasteiger partial charge in [-0.15, -0.1) is 0 Å². The van der Waals surface area contributed by atoms with Crippen molar-refractivity contribution in [1.82, 2.24) is 9.88 Å². The molecule has 32 heavy (non-hydrogen) atoms. The Morgan fingerprint density at radius 3 is 2.38 bits per heavy atom. The summed E-state index contributed by atoms with van der Waals surface area (Å²) in [5.41, 5.74) is 1.90. The minimum atomic E-state index is -3.21. The van der Waals surface area contributed by atoms with E-state index >= 15 is 0 Å². The van der Waals surface area contributed by atoms with E-state index in [0.29, 0.717) is 10.5 Å². The molecule has 8 heteroatoms. The highest BCUT2D eigenvalue weighted by Gasteiger charge is 2.23. The zero-order valence-electron chi connectivity index (χ0n) is 18.2. The quantitative estimate of drug-likeness (QED) is 0.642. The number of pyridine rings is 1. The molecular formula is C24H27N3O4S. The van der Waals surface area contributed by atoms with Crippen LogP contribution in [0.15, 0.2) is 64.3 Å². The van der Waals surface area contributed by atoms with Crippen molar-refractivity contribution < 1.29 is 13.2 Å². The molecule has 4 rings (SSSR count). The topological polar surface area (TPSA) is 88.5 Å². The Hall–Kier alpha value is -3.13. The van der Waals surface area contributed by atoms with Gasteiger partial charge in [0, 0.05) is 43.3 Å². The SMILES string of the molecule is CCS(=O)(=O)c1ccc(N2CCC(NC(=O)c3cc(=O)n(C)c4ccccc34)CC2)cc1. The third kappa shape index (κ3) is 4.27. The first kappa shape index (κ1) is 22.1. The van der Waals surface area contributed by atoms with Gasteiger partial charge in [0.15, 0.2) is 9.84 Å². The van der Waals surface area contributed by atoms with Gasteiger partial charge in [0.2, 0.25) is 0 Å².